The molecule has 0 heterocycles. The van der Waals surface area contributed by atoms with Gasteiger partial charge in [0.15, 0.2) is 0 Å². The van der Waals surface area contributed by atoms with E-state index >= 15 is 0 Å². The van der Waals surface area contributed by atoms with Gasteiger partial charge in [-0.25, -0.2) is 0 Å². The number of hydrogen-bond acceptors (Lipinski definition) is 2. The van der Waals surface area contributed by atoms with Gasteiger partial charge < -0.3 is 10.1 Å². The van der Waals surface area contributed by atoms with Crippen LogP contribution < -0.4 is 10.1 Å². The van der Waals surface area contributed by atoms with Crippen molar-refractivity contribution in [3.05, 3.63) is 29.3 Å². The summed E-state index contributed by atoms with van der Waals surface area (Å²) in [5.41, 5.74) is 2.61. The summed E-state index contributed by atoms with van der Waals surface area (Å²) in [6.45, 7) is 11.1. The summed E-state index contributed by atoms with van der Waals surface area (Å²) < 4.78 is 6.15. The van der Waals surface area contributed by atoms with Crippen LogP contribution >= 0.6 is 0 Å². The minimum absolute atomic E-state index is 0.266. The zero-order valence-corrected chi connectivity index (χ0v) is 15.0. The van der Waals surface area contributed by atoms with Crippen molar-refractivity contribution in [2.75, 3.05) is 0 Å². The zero-order chi connectivity index (χ0) is 16.1. The van der Waals surface area contributed by atoms with Crippen molar-refractivity contribution in [1.82, 2.24) is 5.32 Å². The highest BCUT2D eigenvalue weighted by Gasteiger charge is 2.24. The summed E-state index contributed by atoms with van der Waals surface area (Å²) in [7, 11) is 0. The molecular formula is C20H33NO. The number of ether oxygens (including phenoxy) is 1. The van der Waals surface area contributed by atoms with Crippen molar-refractivity contribution in [3.63, 3.8) is 0 Å². The van der Waals surface area contributed by atoms with E-state index in [0.29, 0.717) is 12.1 Å². The number of hydrogen-bond donors (Lipinski definition) is 1. The van der Waals surface area contributed by atoms with Gasteiger partial charge in [0, 0.05) is 17.6 Å². The molecule has 1 aliphatic rings. The van der Waals surface area contributed by atoms with E-state index < -0.39 is 0 Å². The summed E-state index contributed by atoms with van der Waals surface area (Å²) in [5, 5.41) is 3.86. The topological polar surface area (TPSA) is 21.3 Å². The van der Waals surface area contributed by atoms with E-state index in [4.69, 9.17) is 4.74 Å². The number of nitrogens with one attached hydrogen (secondary N) is 1. The van der Waals surface area contributed by atoms with Crippen molar-refractivity contribution in [3.8, 4) is 5.75 Å². The first-order valence-electron chi connectivity index (χ1n) is 9.04. The molecule has 0 aromatic heterocycles. The molecule has 1 saturated carbocycles. The SMILES string of the molecule is CC[C@@H](C)Oc1ccc(C)cc1C(C)NC1CCCCC1C. The molecule has 2 nitrogen and oxygen atoms in total. The van der Waals surface area contributed by atoms with Crippen LogP contribution in [0, 0.1) is 12.8 Å². The fourth-order valence-corrected chi connectivity index (χ4v) is 3.39. The molecule has 1 fully saturated rings. The molecule has 22 heavy (non-hydrogen) atoms. The predicted molar refractivity (Wildman–Crippen MR) is 94.5 cm³/mol. The number of benzene rings is 1. The average molecular weight is 303 g/mol. The highest BCUT2D eigenvalue weighted by molar-refractivity contribution is 5.39. The minimum atomic E-state index is 0.266. The van der Waals surface area contributed by atoms with Crippen molar-refractivity contribution in [2.24, 2.45) is 5.92 Å². The molecule has 0 amide bonds. The second-order valence-corrected chi connectivity index (χ2v) is 7.13. The molecule has 0 saturated heterocycles. The Morgan fingerprint density at radius 3 is 2.64 bits per heavy atom. The van der Waals surface area contributed by atoms with Crippen LogP contribution in [0.15, 0.2) is 18.2 Å². The molecule has 4 atom stereocenters. The molecule has 0 bridgehead atoms. The molecule has 124 valence electrons. The Kier molecular flexibility index (Phi) is 6.31. The maximum Gasteiger partial charge on any atom is 0.124 e. The molecule has 1 aromatic carbocycles. The van der Waals surface area contributed by atoms with Gasteiger partial charge in [-0.15, -0.1) is 0 Å². The smallest absolute Gasteiger partial charge is 0.124 e. The highest BCUT2D eigenvalue weighted by Crippen LogP contribution is 2.31. The second kappa shape index (κ2) is 8.01. The van der Waals surface area contributed by atoms with E-state index in [-0.39, 0.29) is 6.10 Å². The van der Waals surface area contributed by atoms with E-state index in [0.717, 1.165) is 18.1 Å². The first-order chi connectivity index (χ1) is 10.5. The Bertz CT molecular complexity index is 471. The average Bonchev–Trinajstić information content (AvgIpc) is 2.51. The van der Waals surface area contributed by atoms with Crippen LogP contribution in [-0.2, 0) is 0 Å². The lowest BCUT2D eigenvalue weighted by Gasteiger charge is -2.33. The molecule has 0 radical (unpaired) electrons. The number of rotatable bonds is 6. The third-order valence-corrected chi connectivity index (χ3v) is 5.11. The summed E-state index contributed by atoms with van der Waals surface area (Å²) in [6.07, 6.45) is 6.71. The van der Waals surface area contributed by atoms with E-state index in [2.05, 4.69) is 58.1 Å². The standard InChI is InChI=1S/C20H33NO/c1-6-16(4)22-20-12-11-14(2)13-18(20)17(5)21-19-10-8-7-9-15(19)3/h11-13,15-17,19,21H,6-10H2,1-5H3/t15?,16-,17?,19?/m1/s1. The quantitative estimate of drug-likeness (QED) is 0.759. The van der Waals surface area contributed by atoms with Crippen LogP contribution in [0.3, 0.4) is 0 Å². The maximum atomic E-state index is 6.15. The van der Waals surface area contributed by atoms with Gasteiger partial charge in [-0.1, -0.05) is 44.4 Å². The first-order valence-corrected chi connectivity index (χ1v) is 9.04. The van der Waals surface area contributed by atoms with Gasteiger partial charge in [0.1, 0.15) is 5.75 Å². The minimum Gasteiger partial charge on any atom is -0.490 e. The van der Waals surface area contributed by atoms with Crippen molar-refractivity contribution < 1.29 is 4.74 Å². The monoisotopic (exact) mass is 303 g/mol. The van der Waals surface area contributed by atoms with Crippen molar-refractivity contribution >= 4 is 0 Å². The summed E-state index contributed by atoms with van der Waals surface area (Å²) >= 11 is 0. The van der Waals surface area contributed by atoms with E-state index in [1.165, 1.54) is 36.8 Å². The Hall–Kier alpha value is -1.02. The molecule has 2 heteroatoms. The normalized spacial score (nSPS) is 24.8. The summed E-state index contributed by atoms with van der Waals surface area (Å²) in [6, 6.07) is 7.55. The summed E-state index contributed by atoms with van der Waals surface area (Å²) in [4.78, 5) is 0. The Balaban J connectivity index is 2.13. The van der Waals surface area contributed by atoms with Crippen LogP contribution in [0.1, 0.15) is 77.0 Å². The van der Waals surface area contributed by atoms with Crippen LogP contribution in [0.5, 0.6) is 5.75 Å². The third-order valence-electron chi connectivity index (χ3n) is 5.11. The molecule has 0 aliphatic heterocycles. The molecule has 1 N–H and O–H groups in total. The van der Waals surface area contributed by atoms with Gasteiger partial charge in [0.25, 0.3) is 0 Å². The van der Waals surface area contributed by atoms with Gasteiger partial charge in [0.05, 0.1) is 6.10 Å². The van der Waals surface area contributed by atoms with Crippen LogP contribution in [-0.4, -0.2) is 12.1 Å². The fourth-order valence-electron chi connectivity index (χ4n) is 3.39. The molecule has 1 aromatic rings. The first kappa shape index (κ1) is 17.3. The number of aryl methyl sites for hydroxylation is 1. The van der Waals surface area contributed by atoms with Gasteiger partial charge in [-0.3, -0.25) is 0 Å². The van der Waals surface area contributed by atoms with Gasteiger partial charge in [-0.2, -0.15) is 0 Å². The van der Waals surface area contributed by atoms with Crippen molar-refractivity contribution in [2.45, 2.75) is 84.9 Å². The third kappa shape index (κ3) is 4.49. The molecule has 1 aliphatic carbocycles. The van der Waals surface area contributed by atoms with Crippen molar-refractivity contribution in [1.29, 1.82) is 0 Å². The molecule has 2 rings (SSSR count). The molecular weight excluding hydrogens is 270 g/mol. The fraction of sp³-hybridized carbons (Fsp3) is 0.700. The molecule has 3 unspecified atom stereocenters. The Morgan fingerprint density at radius 2 is 1.95 bits per heavy atom. The van der Waals surface area contributed by atoms with E-state index in [1.807, 2.05) is 0 Å². The lowest BCUT2D eigenvalue weighted by molar-refractivity contribution is 0.210. The maximum absolute atomic E-state index is 6.15. The van der Waals surface area contributed by atoms with Crippen LogP contribution in [0.25, 0.3) is 0 Å². The van der Waals surface area contributed by atoms with Gasteiger partial charge >= 0.3 is 0 Å². The molecule has 0 spiro atoms. The van der Waals surface area contributed by atoms with Gasteiger partial charge in [0.2, 0.25) is 0 Å². The van der Waals surface area contributed by atoms with E-state index in [9.17, 15) is 0 Å². The zero-order valence-electron chi connectivity index (χ0n) is 15.0. The largest absolute Gasteiger partial charge is 0.490 e. The Morgan fingerprint density at radius 1 is 1.23 bits per heavy atom. The van der Waals surface area contributed by atoms with Crippen LogP contribution in [0.4, 0.5) is 0 Å². The second-order valence-electron chi connectivity index (χ2n) is 7.13. The van der Waals surface area contributed by atoms with E-state index in [1.54, 1.807) is 0 Å². The lowest BCUT2D eigenvalue weighted by atomic mass is 9.85. The predicted octanol–water partition coefficient (Wildman–Crippen LogP) is 5.40. The lowest BCUT2D eigenvalue weighted by Crippen LogP contribution is -2.38. The highest BCUT2D eigenvalue weighted by atomic mass is 16.5. The van der Waals surface area contributed by atoms with Crippen LogP contribution in [0.2, 0.25) is 0 Å². The summed E-state index contributed by atoms with van der Waals surface area (Å²) in [5.74, 6) is 1.82. The van der Waals surface area contributed by atoms with Gasteiger partial charge in [-0.05, 0) is 52.0 Å². The Labute approximate surface area is 136 Å².